The van der Waals surface area contributed by atoms with Crippen molar-refractivity contribution in [3.05, 3.63) is 70.8 Å². The van der Waals surface area contributed by atoms with Crippen LogP contribution in [0.5, 0.6) is 0 Å². The minimum Gasteiger partial charge on any atom is -0.0648 e. The SMILES string of the molecule is CCC(=C(CC)c1ccc(C(C)CC)cc1)c1ccc(C(C)CC)cc1. The molecule has 0 nitrogen and oxygen atoms in total. The summed E-state index contributed by atoms with van der Waals surface area (Å²) in [6.07, 6.45) is 4.52. The molecule has 0 heterocycles. The van der Waals surface area contributed by atoms with Crippen LogP contribution in [0.4, 0.5) is 0 Å². The Morgan fingerprint density at radius 1 is 0.577 bits per heavy atom. The van der Waals surface area contributed by atoms with E-state index in [-0.39, 0.29) is 0 Å². The molecule has 0 aliphatic carbocycles. The van der Waals surface area contributed by atoms with E-state index in [4.69, 9.17) is 0 Å². The minimum atomic E-state index is 0.636. The predicted molar refractivity (Wildman–Crippen MR) is 118 cm³/mol. The van der Waals surface area contributed by atoms with Gasteiger partial charge in [0.2, 0.25) is 0 Å². The molecule has 140 valence electrons. The van der Waals surface area contributed by atoms with E-state index >= 15 is 0 Å². The Bertz CT molecular complexity index is 637. The average molecular weight is 349 g/mol. The molecule has 0 N–H and O–H groups in total. The lowest BCUT2D eigenvalue weighted by atomic mass is 9.88. The van der Waals surface area contributed by atoms with Gasteiger partial charge in [0.25, 0.3) is 0 Å². The summed E-state index contributed by atoms with van der Waals surface area (Å²) in [6.45, 7) is 13.7. The van der Waals surface area contributed by atoms with E-state index in [1.165, 1.54) is 46.2 Å². The van der Waals surface area contributed by atoms with Gasteiger partial charge in [-0.25, -0.2) is 0 Å². The molecule has 0 bridgehead atoms. The van der Waals surface area contributed by atoms with E-state index in [1.807, 2.05) is 0 Å². The van der Waals surface area contributed by atoms with Gasteiger partial charge in [0, 0.05) is 0 Å². The molecule has 26 heavy (non-hydrogen) atoms. The lowest BCUT2D eigenvalue weighted by Gasteiger charge is -2.17. The summed E-state index contributed by atoms with van der Waals surface area (Å²) in [5, 5.41) is 0. The van der Waals surface area contributed by atoms with Crippen LogP contribution in [0.15, 0.2) is 48.5 Å². The van der Waals surface area contributed by atoms with Gasteiger partial charge in [0.05, 0.1) is 0 Å². The van der Waals surface area contributed by atoms with Crippen LogP contribution < -0.4 is 0 Å². The summed E-state index contributed by atoms with van der Waals surface area (Å²) in [6, 6.07) is 18.6. The normalized spacial score (nSPS) is 14.7. The first kappa shape index (κ1) is 20.5. The molecule has 0 radical (unpaired) electrons. The second-order valence-electron chi connectivity index (χ2n) is 7.53. The van der Waals surface area contributed by atoms with Gasteiger partial charge in [0.15, 0.2) is 0 Å². The molecule has 0 aliphatic heterocycles. The first-order chi connectivity index (χ1) is 12.5. The van der Waals surface area contributed by atoms with Gasteiger partial charge in [0.1, 0.15) is 0 Å². The number of hydrogen-bond acceptors (Lipinski definition) is 0. The van der Waals surface area contributed by atoms with Crippen LogP contribution >= 0.6 is 0 Å². The molecular formula is C26H36. The molecule has 2 aromatic carbocycles. The van der Waals surface area contributed by atoms with Gasteiger partial charge in [-0.05, 0) is 70.9 Å². The van der Waals surface area contributed by atoms with Gasteiger partial charge in [-0.3, -0.25) is 0 Å². The highest BCUT2D eigenvalue weighted by atomic mass is 14.2. The molecular weight excluding hydrogens is 312 g/mol. The number of rotatable bonds is 8. The molecule has 0 saturated carbocycles. The molecule has 0 aliphatic rings. The molecule has 2 aromatic rings. The molecule has 0 fully saturated rings. The van der Waals surface area contributed by atoms with Crippen molar-refractivity contribution in [1.29, 1.82) is 0 Å². The highest BCUT2D eigenvalue weighted by molar-refractivity contribution is 5.90. The standard InChI is InChI=1S/C26H36/c1-7-19(5)21-11-15-23(16-12-21)25(9-3)26(10-4)24-17-13-22(14-18-24)20(6)8-2/h11-20H,7-10H2,1-6H3. The molecule has 2 atom stereocenters. The number of allylic oxidation sites excluding steroid dienone is 2. The molecule has 0 spiro atoms. The summed E-state index contributed by atoms with van der Waals surface area (Å²) < 4.78 is 0. The van der Waals surface area contributed by atoms with Crippen molar-refractivity contribution in [2.24, 2.45) is 0 Å². The summed E-state index contributed by atoms with van der Waals surface area (Å²) in [5.74, 6) is 1.27. The van der Waals surface area contributed by atoms with Crippen molar-refractivity contribution in [1.82, 2.24) is 0 Å². The van der Waals surface area contributed by atoms with Crippen LogP contribution in [0, 0.1) is 0 Å². The third-order valence-electron chi connectivity index (χ3n) is 5.95. The zero-order chi connectivity index (χ0) is 19.1. The van der Waals surface area contributed by atoms with Crippen molar-refractivity contribution in [2.45, 2.75) is 79.1 Å². The van der Waals surface area contributed by atoms with Crippen LogP contribution in [-0.2, 0) is 0 Å². The van der Waals surface area contributed by atoms with E-state index in [1.54, 1.807) is 0 Å². The van der Waals surface area contributed by atoms with E-state index in [0.29, 0.717) is 11.8 Å². The third-order valence-corrected chi connectivity index (χ3v) is 5.95. The second kappa shape index (κ2) is 9.76. The Balaban J connectivity index is 2.40. The fourth-order valence-electron chi connectivity index (χ4n) is 3.68. The zero-order valence-electron chi connectivity index (χ0n) is 17.6. The Kier molecular flexibility index (Phi) is 7.69. The van der Waals surface area contributed by atoms with Gasteiger partial charge in [-0.1, -0.05) is 90.1 Å². The summed E-state index contributed by atoms with van der Waals surface area (Å²) in [5.41, 5.74) is 8.62. The summed E-state index contributed by atoms with van der Waals surface area (Å²) in [7, 11) is 0. The second-order valence-corrected chi connectivity index (χ2v) is 7.53. The Hall–Kier alpha value is -1.82. The quantitative estimate of drug-likeness (QED) is 0.420. The van der Waals surface area contributed by atoms with Crippen molar-refractivity contribution in [2.75, 3.05) is 0 Å². The van der Waals surface area contributed by atoms with E-state index in [0.717, 1.165) is 12.8 Å². The zero-order valence-corrected chi connectivity index (χ0v) is 17.6. The first-order valence-corrected chi connectivity index (χ1v) is 10.5. The maximum Gasteiger partial charge on any atom is -0.0193 e. The molecule has 0 amide bonds. The first-order valence-electron chi connectivity index (χ1n) is 10.5. The molecule has 0 saturated heterocycles. The highest BCUT2D eigenvalue weighted by Gasteiger charge is 2.11. The van der Waals surface area contributed by atoms with E-state index in [2.05, 4.69) is 90.1 Å². The predicted octanol–water partition coefficient (Wildman–Crippen LogP) is 8.44. The van der Waals surface area contributed by atoms with Crippen molar-refractivity contribution in [3.63, 3.8) is 0 Å². The summed E-state index contributed by atoms with van der Waals surface area (Å²) >= 11 is 0. The van der Waals surface area contributed by atoms with Crippen LogP contribution in [0.3, 0.4) is 0 Å². The van der Waals surface area contributed by atoms with E-state index in [9.17, 15) is 0 Å². The number of hydrogen-bond donors (Lipinski definition) is 0. The average Bonchev–Trinajstić information content (AvgIpc) is 2.71. The molecule has 2 rings (SSSR count). The Morgan fingerprint density at radius 2 is 0.885 bits per heavy atom. The summed E-state index contributed by atoms with van der Waals surface area (Å²) in [4.78, 5) is 0. The maximum atomic E-state index is 2.32. The Morgan fingerprint density at radius 3 is 1.12 bits per heavy atom. The van der Waals surface area contributed by atoms with Crippen LogP contribution in [-0.4, -0.2) is 0 Å². The Labute approximate surface area is 161 Å². The molecule has 0 aromatic heterocycles. The minimum absolute atomic E-state index is 0.636. The van der Waals surface area contributed by atoms with Gasteiger partial charge in [-0.15, -0.1) is 0 Å². The van der Waals surface area contributed by atoms with Gasteiger partial charge < -0.3 is 0 Å². The third kappa shape index (κ3) is 4.67. The number of benzene rings is 2. The van der Waals surface area contributed by atoms with Crippen molar-refractivity contribution in [3.8, 4) is 0 Å². The van der Waals surface area contributed by atoms with Gasteiger partial charge in [-0.2, -0.15) is 0 Å². The van der Waals surface area contributed by atoms with Crippen molar-refractivity contribution < 1.29 is 0 Å². The fraction of sp³-hybridized carbons (Fsp3) is 0.462. The maximum absolute atomic E-state index is 2.32. The topological polar surface area (TPSA) is 0 Å². The lowest BCUT2D eigenvalue weighted by molar-refractivity contribution is 0.733. The van der Waals surface area contributed by atoms with Crippen LogP contribution in [0.2, 0.25) is 0 Å². The highest BCUT2D eigenvalue weighted by Crippen LogP contribution is 2.33. The smallest absolute Gasteiger partial charge is 0.0193 e. The van der Waals surface area contributed by atoms with E-state index < -0.39 is 0 Å². The molecule has 0 heteroatoms. The molecule has 2 unspecified atom stereocenters. The fourth-order valence-corrected chi connectivity index (χ4v) is 3.68. The largest absolute Gasteiger partial charge is 0.0648 e. The van der Waals surface area contributed by atoms with Crippen LogP contribution in [0.25, 0.3) is 11.1 Å². The monoisotopic (exact) mass is 348 g/mol. The lowest BCUT2D eigenvalue weighted by Crippen LogP contribution is -1.96. The van der Waals surface area contributed by atoms with Gasteiger partial charge >= 0.3 is 0 Å². The van der Waals surface area contributed by atoms with Crippen molar-refractivity contribution >= 4 is 11.1 Å². The van der Waals surface area contributed by atoms with Crippen LogP contribution in [0.1, 0.15) is 101 Å².